The molecule has 0 radical (unpaired) electrons. The van der Waals surface area contributed by atoms with Crippen molar-refractivity contribution in [2.75, 3.05) is 33.6 Å². The molecule has 4 atom stereocenters. The maximum atomic E-state index is 12.8. The lowest BCUT2D eigenvalue weighted by Crippen LogP contribution is -2.39. The zero-order valence-electron chi connectivity index (χ0n) is 23.3. The number of fused-ring (bicyclic) bond motifs is 5. The molecule has 2 saturated heterocycles. The summed E-state index contributed by atoms with van der Waals surface area (Å²) in [5.74, 6) is 3.37. The molecule has 2 N–H and O–H groups in total. The van der Waals surface area contributed by atoms with Crippen LogP contribution in [0.25, 0.3) is 0 Å². The van der Waals surface area contributed by atoms with Gasteiger partial charge in [0.2, 0.25) is 0 Å². The molecule has 2 fully saturated rings. The van der Waals surface area contributed by atoms with Crippen molar-refractivity contribution in [3.8, 4) is 23.0 Å². The van der Waals surface area contributed by atoms with Crippen molar-refractivity contribution >= 4 is 23.8 Å². The Morgan fingerprint density at radius 2 is 1.88 bits per heavy atom. The molecular formula is C30H37N3O6S. The maximum Gasteiger partial charge on any atom is 0.315 e. The molecule has 2 aromatic rings. The molecule has 2 aromatic carbocycles. The van der Waals surface area contributed by atoms with Crippen LogP contribution in [0.3, 0.4) is 0 Å². The van der Waals surface area contributed by atoms with Crippen LogP contribution >= 0.6 is 11.8 Å². The number of carbonyl (C=O) groups is 2. The molecule has 40 heavy (non-hydrogen) atoms. The number of unbranched alkanes of at least 4 members (excludes halogenated alkanes) is 1. The summed E-state index contributed by atoms with van der Waals surface area (Å²) < 4.78 is 22.8. The summed E-state index contributed by atoms with van der Waals surface area (Å²) in [4.78, 5) is 26.8. The number of hydrogen-bond acceptors (Lipinski definition) is 8. The van der Waals surface area contributed by atoms with Gasteiger partial charge in [-0.3, -0.25) is 9.69 Å². The molecule has 10 heteroatoms. The van der Waals surface area contributed by atoms with E-state index in [1.165, 1.54) is 22.3 Å². The summed E-state index contributed by atoms with van der Waals surface area (Å²) in [6.45, 7) is 1.71. The van der Waals surface area contributed by atoms with E-state index in [9.17, 15) is 9.59 Å². The Balaban J connectivity index is 1.09. The molecule has 4 heterocycles. The highest BCUT2D eigenvalue weighted by atomic mass is 32.2. The molecule has 4 aliphatic rings. The van der Waals surface area contributed by atoms with E-state index in [2.05, 4.69) is 27.7 Å². The first-order valence-corrected chi connectivity index (χ1v) is 15.1. The molecule has 0 aromatic heterocycles. The zero-order chi connectivity index (χ0) is 27.8. The first kappa shape index (κ1) is 27.1. The van der Waals surface area contributed by atoms with Gasteiger partial charge in [0.05, 0.1) is 33.4 Å². The lowest BCUT2D eigenvalue weighted by Gasteiger charge is -2.42. The van der Waals surface area contributed by atoms with Gasteiger partial charge >= 0.3 is 12.0 Å². The minimum atomic E-state index is -0.240. The number of nitrogens with one attached hydrogen (secondary N) is 2. The van der Waals surface area contributed by atoms with Gasteiger partial charge in [0.1, 0.15) is 0 Å². The number of methoxy groups -OCH3 is 3. The highest BCUT2D eigenvalue weighted by Crippen LogP contribution is 2.46. The minimum absolute atomic E-state index is 0.0650. The van der Waals surface area contributed by atoms with E-state index in [1.807, 2.05) is 23.9 Å². The van der Waals surface area contributed by atoms with E-state index in [0.29, 0.717) is 23.2 Å². The SMILES string of the molecule is COc1cc2c(cc1OC(=O)CCCCC1SCC3NC(=O)NC31)CCN1Cc3c(ccc(OC)c3OC)C[C@H]21. The number of ether oxygens (including phenoxy) is 4. The van der Waals surface area contributed by atoms with Gasteiger partial charge in [-0.15, -0.1) is 0 Å². The van der Waals surface area contributed by atoms with Crippen LogP contribution in [-0.4, -0.2) is 67.9 Å². The van der Waals surface area contributed by atoms with Crippen LogP contribution in [0.4, 0.5) is 4.79 Å². The van der Waals surface area contributed by atoms with Gasteiger partial charge in [-0.25, -0.2) is 4.79 Å². The van der Waals surface area contributed by atoms with Crippen molar-refractivity contribution in [1.82, 2.24) is 15.5 Å². The Morgan fingerprint density at radius 1 is 1.02 bits per heavy atom. The molecule has 2 amide bonds. The second-order valence-corrected chi connectivity index (χ2v) is 12.2. The molecule has 4 aliphatic heterocycles. The number of hydrogen-bond donors (Lipinski definition) is 2. The van der Waals surface area contributed by atoms with Crippen molar-refractivity contribution < 1.29 is 28.5 Å². The van der Waals surface area contributed by atoms with Gasteiger partial charge in [0.15, 0.2) is 23.0 Å². The Labute approximate surface area is 239 Å². The fraction of sp³-hybridized carbons (Fsp3) is 0.533. The molecule has 214 valence electrons. The number of amides is 2. The molecule has 9 nitrogen and oxygen atoms in total. The quantitative estimate of drug-likeness (QED) is 0.203. The van der Waals surface area contributed by atoms with E-state index in [4.69, 9.17) is 18.9 Å². The highest BCUT2D eigenvalue weighted by molar-refractivity contribution is 8.00. The third-order valence-electron chi connectivity index (χ3n) is 8.69. The average molecular weight is 568 g/mol. The van der Waals surface area contributed by atoms with Crippen LogP contribution < -0.4 is 29.6 Å². The summed E-state index contributed by atoms with van der Waals surface area (Å²) in [6.07, 6.45) is 4.74. The first-order valence-electron chi connectivity index (χ1n) is 14.1. The number of carbonyl (C=O) groups excluding carboxylic acids is 2. The van der Waals surface area contributed by atoms with E-state index < -0.39 is 0 Å². The number of rotatable bonds is 9. The summed E-state index contributed by atoms with van der Waals surface area (Å²) in [7, 11) is 4.99. The predicted octanol–water partition coefficient (Wildman–Crippen LogP) is 4.00. The van der Waals surface area contributed by atoms with Crippen molar-refractivity contribution in [2.45, 2.75) is 68.4 Å². The molecule has 3 unspecified atom stereocenters. The number of thioether (sulfide) groups is 1. The van der Waals surface area contributed by atoms with Crippen molar-refractivity contribution in [3.63, 3.8) is 0 Å². The van der Waals surface area contributed by atoms with Gasteiger partial charge in [-0.2, -0.15) is 11.8 Å². The molecule has 0 aliphatic carbocycles. The molecule has 0 bridgehead atoms. The molecule has 0 spiro atoms. The highest BCUT2D eigenvalue weighted by Gasteiger charge is 2.42. The number of urea groups is 1. The Hall–Kier alpha value is -3.11. The van der Waals surface area contributed by atoms with Crippen molar-refractivity contribution in [3.05, 3.63) is 46.5 Å². The number of nitrogens with zero attached hydrogens (tertiary/aromatic N) is 1. The van der Waals surface area contributed by atoms with Crippen molar-refractivity contribution in [1.29, 1.82) is 0 Å². The molecule has 0 saturated carbocycles. The third-order valence-corrected chi connectivity index (χ3v) is 10.2. The summed E-state index contributed by atoms with van der Waals surface area (Å²) in [5.41, 5.74) is 4.88. The largest absolute Gasteiger partial charge is 0.493 e. The van der Waals surface area contributed by atoms with E-state index in [0.717, 1.165) is 62.4 Å². The van der Waals surface area contributed by atoms with Crippen LogP contribution in [0.15, 0.2) is 24.3 Å². The van der Waals surface area contributed by atoms with Crippen LogP contribution in [-0.2, 0) is 24.2 Å². The fourth-order valence-electron chi connectivity index (χ4n) is 6.67. The lowest BCUT2D eigenvalue weighted by atomic mass is 9.83. The summed E-state index contributed by atoms with van der Waals surface area (Å²) >= 11 is 1.90. The smallest absolute Gasteiger partial charge is 0.315 e. The van der Waals surface area contributed by atoms with Crippen LogP contribution in [0.2, 0.25) is 0 Å². The number of benzene rings is 2. The number of esters is 1. The summed E-state index contributed by atoms with van der Waals surface area (Å²) in [6, 6.07) is 8.75. The zero-order valence-corrected chi connectivity index (χ0v) is 24.1. The van der Waals surface area contributed by atoms with Gasteiger partial charge < -0.3 is 29.6 Å². The monoisotopic (exact) mass is 567 g/mol. The topological polar surface area (TPSA) is 98.4 Å². The van der Waals surface area contributed by atoms with E-state index in [1.54, 1.807) is 21.3 Å². The second-order valence-electron chi connectivity index (χ2n) is 10.9. The average Bonchev–Trinajstić information content (AvgIpc) is 3.52. The van der Waals surface area contributed by atoms with Crippen LogP contribution in [0, 0.1) is 0 Å². The normalized spacial score (nSPS) is 24.6. The van der Waals surface area contributed by atoms with Crippen LogP contribution in [0.5, 0.6) is 23.0 Å². The van der Waals surface area contributed by atoms with Gasteiger partial charge in [-0.05, 0) is 60.6 Å². The Bertz CT molecular complexity index is 1300. The van der Waals surface area contributed by atoms with Crippen LogP contribution in [0.1, 0.15) is 54.0 Å². The van der Waals surface area contributed by atoms with E-state index in [-0.39, 0.29) is 30.1 Å². The maximum absolute atomic E-state index is 12.8. The van der Waals surface area contributed by atoms with Gasteiger partial charge in [-0.1, -0.05) is 12.5 Å². The van der Waals surface area contributed by atoms with Crippen molar-refractivity contribution in [2.24, 2.45) is 0 Å². The second kappa shape index (κ2) is 11.4. The third kappa shape index (κ3) is 5.07. The Morgan fingerprint density at radius 3 is 2.67 bits per heavy atom. The standard InChI is InChI=1S/C30H37N3O6S/c1-36-23-9-8-17-12-22-19-14-24(37-2)25(13-18(19)10-11-33(22)15-20(17)29(23)38-3)39-27(34)7-5-4-6-26-28-21(16-40-26)31-30(35)32-28/h8-9,13-14,21-22,26,28H,4-7,10-12,15-16H2,1-3H3,(H2,31,32,35)/t21?,22-,26?,28?/m1/s1. The molecule has 6 rings (SSSR count). The minimum Gasteiger partial charge on any atom is -0.493 e. The van der Waals surface area contributed by atoms with E-state index >= 15 is 0 Å². The van der Waals surface area contributed by atoms with Gasteiger partial charge in [0, 0.05) is 42.1 Å². The molecular weight excluding hydrogens is 530 g/mol. The first-order chi connectivity index (χ1) is 19.5. The lowest BCUT2D eigenvalue weighted by molar-refractivity contribution is -0.134. The Kier molecular flexibility index (Phi) is 7.72. The van der Waals surface area contributed by atoms with Gasteiger partial charge in [0.25, 0.3) is 0 Å². The fourth-order valence-corrected chi connectivity index (χ4v) is 8.21. The summed E-state index contributed by atoms with van der Waals surface area (Å²) in [5, 5.41) is 6.40. The predicted molar refractivity (Wildman–Crippen MR) is 153 cm³/mol.